The molecule has 2 heterocycles. The second-order valence-corrected chi connectivity index (χ2v) is 5.58. The lowest BCUT2D eigenvalue weighted by Crippen LogP contribution is -1.85. The van der Waals surface area contributed by atoms with Crippen molar-refractivity contribution in [1.29, 1.82) is 0 Å². The summed E-state index contributed by atoms with van der Waals surface area (Å²) in [5.41, 5.74) is 5.29. The first-order valence-corrected chi connectivity index (χ1v) is 7.49. The Bertz CT molecular complexity index is 928. The van der Waals surface area contributed by atoms with Gasteiger partial charge in [0.15, 0.2) is 0 Å². The first kappa shape index (κ1) is 13.1. The third-order valence-corrected chi connectivity index (χ3v) is 3.98. The first-order valence-electron chi connectivity index (χ1n) is 7.11. The van der Waals surface area contributed by atoms with E-state index in [9.17, 15) is 0 Å². The molecule has 3 heteroatoms. The highest BCUT2D eigenvalue weighted by molar-refractivity contribution is 6.31. The van der Waals surface area contributed by atoms with E-state index in [4.69, 9.17) is 11.6 Å². The average Bonchev–Trinajstić information content (AvgIpc) is 2.95. The maximum absolute atomic E-state index is 6.20. The number of nitrogens with zero attached hydrogens (tertiary/aromatic N) is 1. The Balaban J connectivity index is 2.08. The van der Waals surface area contributed by atoms with Crippen LogP contribution in [0.1, 0.15) is 0 Å². The topological polar surface area (TPSA) is 28.7 Å². The van der Waals surface area contributed by atoms with Gasteiger partial charge in [0, 0.05) is 27.7 Å². The summed E-state index contributed by atoms with van der Waals surface area (Å²) in [7, 11) is 0. The van der Waals surface area contributed by atoms with Gasteiger partial charge in [0.2, 0.25) is 0 Å². The number of pyridine rings is 1. The Hall–Kier alpha value is -2.58. The Kier molecular flexibility index (Phi) is 3.17. The SMILES string of the molecule is Clc1ccc2[nH]c(-c3ccccc3)c(-c3ccccn3)c2c1. The molecule has 0 radical (unpaired) electrons. The Morgan fingerprint density at radius 1 is 0.864 bits per heavy atom. The molecule has 2 nitrogen and oxygen atoms in total. The zero-order valence-electron chi connectivity index (χ0n) is 11.8. The van der Waals surface area contributed by atoms with Gasteiger partial charge in [-0.2, -0.15) is 0 Å². The predicted molar refractivity (Wildman–Crippen MR) is 92.0 cm³/mol. The van der Waals surface area contributed by atoms with Gasteiger partial charge in [-0.3, -0.25) is 4.98 Å². The summed E-state index contributed by atoms with van der Waals surface area (Å²) in [6.07, 6.45) is 1.81. The summed E-state index contributed by atoms with van der Waals surface area (Å²) >= 11 is 6.20. The van der Waals surface area contributed by atoms with E-state index < -0.39 is 0 Å². The first-order chi connectivity index (χ1) is 10.8. The van der Waals surface area contributed by atoms with E-state index in [1.54, 1.807) is 0 Å². The number of benzene rings is 2. The minimum absolute atomic E-state index is 0.725. The van der Waals surface area contributed by atoms with Crippen molar-refractivity contribution in [3.05, 3.63) is 77.9 Å². The lowest BCUT2D eigenvalue weighted by Gasteiger charge is -2.04. The number of hydrogen-bond acceptors (Lipinski definition) is 1. The second-order valence-electron chi connectivity index (χ2n) is 5.15. The molecule has 0 aliphatic carbocycles. The van der Waals surface area contributed by atoms with Gasteiger partial charge in [-0.1, -0.05) is 48.0 Å². The van der Waals surface area contributed by atoms with Crippen LogP contribution in [0.4, 0.5) is 0 Å². The van der Waals surface area contributed by atoms with Crippen LogP contribution >= 0.6 is 11.6 Å². The molecule has 2 aromatic carbocycles. The van der Waals surface area contributed by atoms with Gasteiger partial charge >= 0.3 is 0 Å². The summed E-state index contributed by atoms with van der Waals surface area (Å²) in [4.78, 5) is 8.03. The number of rotatable bonds is 2. The van der Waals surface area contributed by atoms with Gasteiger partial charge in [0.1, 0.15) is 0 Å². The van der Waals surface area contributed by atoms with Crippen molar-refractivity contribution in [3.8, 4) is 22.5 Å². The normalized spacial score (nSPS) is 11.0. The van der Waals surface area contributed by atoms with Gasteiger partial charge in [-0.05, 0) is 35.9 Å². The smallest absolute Gasteiger partial charge is 0.0729 e. The van der Waals surface area contributed by atoms with Crippen LogP contribution in [0.15, 0.2) is 72.9 Å². The van der Waals surface area contributed by atoms with Gasteiger partial charge in [-0.15, -0.1) is 0 Å². The predicted octanol–water partition coefficient (Wildman–Crippen LogP) is 5.55. The maximum Gasteiger partial charge on any atom is 0.0729 e. The second kappa shape index (κ2) is 5.32. The summed E-state index contributed by atoms with van der Waals surface area (Å²) in [6, 6.07) is 22.1. The average molecular weight is 305 g/mol. The van der Waals surface area contributed by atoms with Crippen molar-refractivity contribution < 1.29 is 0 Å². The third-order valence-electron chi connectivity index (χ3n) is 3.74. The monoisotopic (exact) mass is 304 g/mol. The fourth-order valence-electron chi connectivity index (χ4n) is 2.76. The maximum atomic E-state index is 6.20. The van der Waals surface area contributed by atoms with Crippen molar-refractivity contribution in [1.82, 2.24) is 9.97 Å². The minimum Gasteiger partial charge on any atom is -0.354 e. The van der Waals surface area contributed by atoms with Crippen molar-refractivity contribution >= 4 is 22.5 Å². The minimum atomic E-state index is 0.725. The van der Waals surface area contributed by atoms with Crippen molar-refractivity contribution in [3.63, 3.8) is 0 Å². The quantitative estimate of drug-likeness (QED) is 0.516. The molecular weight excluding hydrogens is 292 g/mol. The molecule has 4 aromatic rings. The highest BCUT2D eigenvalue weighted by Gasteiger charge is 2.15. The van der Waals surface area contributed by atoms with E-state index in [-0.39, 0.29) is 0 Å². The van der Waals surface area contributed by atoms with Crippen LogP contribution < -0.4 is 0 Å². The molecule has 0 atom stereocenters. The Morgan fingerprint density at radius 3 is 2.45 bits per heavy atom. The molecule has 4 rings (SSSR count). The van der Waals surface area contributed by atoms with Crippen molar-refractivity contribution in [2.24, 2.45) is 0 Å². The van der Waals surface area contributed by atoms with Gasteiger partial charge in [0.25, 0.3) is 0 Å². The number of hydrogen-bond donors (Lipinski definition) is 1. The van der Waals surface area contributed by atoms with Crippen LogP contribution in [-0.2, 0) is 0 Å². The zero-order chi connectivity index (χ0) is 14.9. The molecule has 1 N–H and O–H groups in total. The zero-order valence-corrected chi connectivity index (χ0v) is 12.5. The number of fused-ring (bicyclic) bond motifs is 1. The van der Waals surface area contributed by atoms with Crippen molar-refractivity contribution in [2.45, 2.75) is 0 Å². The van der Waals surface area contributed by atoms with Gasteiger partial charge < -0.3 is 4.98 Å². The molecule has 106 valence electrons. The number of nitrogens with one attached hydrogen (secondary N) is 1. The molecule has 0 fully saturated rings. The molecule has 0 saturated carbocycles. The van der Waals surface area contributed by atoms with E-state index >= 15 is 0 Å². The molecule has 2 aromatic heterocycles. The number of halogens is 1. The van der Waals surface area contributed by atoms with E-state index in [1.165, 1.54) is 0 Å². The van der Waals surface area contributed by atoms with Gasteiger partial charge in [-0.25, -0.2) is 0 Å². The molecule has 0 amide bonds. The van der Waals surface area contributed by atoms with Crippen LogP contribution in [0.25, 0.3) is 33.4 Å². The molecule has 0 unspecified atom stereocenters. The van der Waals surface area contributed by atoms with E-state index in [0.29, 0.717) is 0 Å². The molecule has 0 spiro atoms. The highest BCUT2D eigenvalue weighted by atomic mass is 35.5. The largest absolute Gasteiger partial charge is 0.354 e. The standard InChI is InChI=1S/C19H13ClN2/c20-14-9-10-16-15(12-14)18(17-8-4-5-11-21-17)19(22-16)13-6-2-1-3-7-13/h1-12,22H. The molecule has 0 bridgehead atoms. The third kappa shape index (κ3) is 2.18. The summed E-state index contributed by atoms with van der Waals surface area (Å²) < 4.78 is 0. The molecule has 0 aliphatic heterocycles. The van der Waals surface area contributed by atoms with Crippen molar-refractivity contribution in [2.75, 3.05) is 0 Å². The van der Waals surface area contributed by atoms with Crippen LogP contribution in [0, 0.1) is 0 Å². The molecule has 22 heavy (non-hydrogen) atoms. The van der Waals surface area contributed by atoms with E-state index in [1.807, 2.05) is 60.8 Å². The summed E-state index contributed by atoms with van der Waals surface area (Å²) in [6.45, 7) is 0. The van der Waals surface area contributed by atoms with E-state index in [0.717, 1.165) is 38.4 Å². The lowest BCUT2D eigenvalue weighted by atomic mass is 10.0. The van der Waals surface area contributed by atoms with Crippen LogP contribution in [0.3, 0.4) is 0 Å². The molecule has 0 saturated heterocycles. The Morgan fingerprint density at radius 2 is 1.68 bits per heavy atom. The molecule has 0 aliphatic rings. The van der Waals surface area contributed by atoms with Crippen LogP contribution in [0.5, 0.6) is 0 Å². The van der Waals surface area contributed by atoms with Crippen LogP contribution in [-0.4, -0.2) is 9.97 Å². The summed E-state index contributed by atoms with van der Waals surface area (Å²) in [5, 5.41) is 1.81. The number of H-pyrrole nitrogens is 1. The van der Waals surface area contributed by atoms with Crippen LogP contribution in [0.2, 0.25) is 5.02 Å². The fraction of sp³-hybridized carbons (Fsp3) is 0. The summed E-state index contributed by atoms with van der Waals surface area (Å²) in [5.74, 6) is 0. The highest BCUT2D eigenvalue weighted by Crippen LogP contribution is 2.38. The Labute approximate surface area is 133 Å². The fourth-order valence-corrected chi connectivity index (χ4v) is 2.93. The van der Waals surface area contributed by atoms with E-state index in [2.05, 4.69) is 22.1 Å². The molecular formula is C19H13ClN2. The number of aromatic nitrogens is 2. The lowest BCUT2D eigenvalue weighted by molar-refractivity contribution is 1.33. The number of aromatic amines is 1. The van der Waals surface area contributed by atoms with Gasteiger partial charge in [0.05, 0.1) is 11.4 Å².